The van der Waals surface area contributed by atoms with Gasteiger partial charge in [0.15, 0.2) is 0 Å². The maximum Gasteiger partial charge on any atom is 0.256 e. The summed E-state index contributed by atoms with van der Waals surface area (Å²) in [7, 11) is 0. The molecule has 3 rings (SSSR count). The Morgan fingerprint density at radius 2 is 1.96 bits per heavy atom. The molecular weight excluding hydrogens is 352 g/mol. The van der Waals surface area contributed by atoms with Crippen LogP contribution in [0.5, 0.6) is 5.75 Å². The molecule has 1 aliphatic carbocycles. The van der Waals surface area contributed by atoms with Crippen LogP contribution in [0.3, 0.4) is 0 Å². The van der Waals surface area contributed by atoms with Crippen LogP contribution in [0.1, 0.15) is 58.8 Å². The fourth-order valence-electron chi connectivity index (χ4n) is 4.55. The van der Waals surface area contributed by atoms with Gasteiger partial charge in [-0.15, -0.1) is 0 Å². The maximum absolute atomic E-state index is 13.0. The zero-order chi connectivity index (χ0) is 19.8. The molecule has 2 fully saturated rings. The average molecular weight is 389 g/mol. The summed E-state index contributed by atoms with van der Waals surface area (Å²) in [6.45, 7) is 9.04. The summed E-state index contributed by atoms with van der Waals surface area (Å²) in [5.41, 5.74) is 0.115. The van der Waals surface area contributed by atoms with Crippen molar-refractivity contribution < 1.29 is 14.3 Å². The lowest BCUT2D eigenvalue weighted by Crippen LogP contribution is -2.48. The summed E-state index contributed by atoms with van der Waals surface area (Å²) in [5, 5.41) is 3.06. The van der Waals surface area contributed by atoms with E-state index in [0.717, 1.165) is 50.3 Å². The third-order valence-corrected chi connectivity index (χ3v) is 5.99. The third kappa shape index (κ3) is 5.71. The van der Waals surface area contributed by atoms with Gasteiger partial charge in [-0.1, -0.05) is 13.3 Å². The minimum absolute atomic E-state index is 0.0137. The molecule has 2 aliphatic rings. The highest BCUT2D eigenvalue weighted by Crippen LogP contribution is 2.36. The van der Waals surface area contributed by atoms with Crippen LogP contribution in [0.15, 0.2) is 24.3 Å². The second-order valence-electron chi connectivity index (χ2n) is 8.36. The highest BCUT2D eigenvalue weighted by molar-refractivity contribution is 5.97. The Bertz CT molecular complexity index is 609. The van der Waals surface area contributed by atoms with Gasteiger partial charge in [-0.05, 0) is 88.7 Å². The molecule has 1 heterocycles. The quantitative estimate of drug-likeness (QED) is 0.634. The first kappa shape index (κ1) is 21.1. The van der Waals surface area contributed by atoms with Gasteiger partial charge in [0.25, 0.3) is 5.91 Å². The largest absolute Gasteiger partial charge is 0.494 e. The first-order valence-corrected chi connectivity index (χ1v) is 11.0. The molecule has 2 atom stereocenters. The molecule has 28 heavy (non-hydrogen) atoms. The summed E-state index contributed by atoms with van der Waals surface area (Å²) >= 11 is 0. The van der Waals surface area contributed by atoms with E-state index in [-0.39, 0.29) is 5.91 Å². The van der Waals surface area contributed by atoms with Gasteiger partial charge in [-0.3, -0.25) is 4.79 Å². The van der Waals surface area contributed by atoms with Crippen molar-refractivity contribution in [3.05, 3.63) is 24.3 Å². The van der Waals surface area contributed by atoms with Crippen molar-refractivity contribution in [3.8, 4) is 5.75 Å². The normalized spacial score (nSPS) is 25.6. The van der Waals surface area contributed by atoms with Crippen LogP contribution in [0.4, 0.5) is 5.69 Å². The lowest BCUT2D eigenvalue weighted by atomic mass is 9.78. The van der Waals surface area contributed by atoms with Gasteiger partial charge in [0.05, 0.1) is 6.61 Å². The SMILES string of the molecule is CCO[C@@]1(C(=O)Nc2ccc(OCCCN3CCCC3)cc2)CCC[C@H](C)C1. The number of benzene rings is 1. The van der Waals surface area contributed by atoms with Gasteiger partial charge >= 0.3 is 0 Å². The number of nitrogens with one attached hydrogen (secondary N) is 1. The molecule has 1 saturated carbocycles. The van der Waals surface area contributed by atoms with Gasteiger partial charge in [-0.2, -0.15) is 0 Å². The van der Waals surface area contributed by atoms with Crippen LogP contribution in [-0.4, -0.2) is 49.3 Å². The van der Waals surface area contributed by atoms with Crippen LogP contribution in [0.25, 0.3) is 0 Å². The minimum atomic E-state index is -0.683. The van der Waals surface area contributed by atoms with E-state index < -0.39 is 5.60 Å². The Morgan fingerprint density at radius 1 is 1.21 bits per heavy atom. The molecule has 1 N–H and O–H groups in total. The standard InChI is InChI=1S/C23H36N2O3/c1-3-28-23(13-6-8-19(2)18-23)22(26)24-20-9-11-21(12-10-20)27-17-7-16-25-14-4-5-15-25/h9-12,19H,3-8,13-18H2,1-2H3,(H,24,26)/t19-,23-/m0/s1. The summed E-state index contributed by atoms with van der Waals surface area (Å²) in [4.78, 5) is 15.5. The van der Waals surface area contributed by atoms with Gasteiger partial charge in [-0.25, -0.2) is 0 Å². The Morgan fingerprint density at radius 3 is 2.64 bits per heavy atom. The van der Waals surface area contributed by atoms with Crippen molar-refractivity contribution in [3.63, 3.8) is 0 Å². The molecule has 1 amide bonds. The Labute approximate surface area is 169 Å². The van der Waals surface area contributed by atoms with Crippen molar-refractivity contribution in [1.82, 2.24) is 4.90 Å². The summed E-state index contributed by atoms with van der Waals surface area (Å²) in [6.07, 6.45) is 7.52. The monoisotopic (exact) mass is 388 g/mol. The van der Waals surface area contributed by atoms with Crippen LogP contribution in [-0.2, 0) is 9.53 Å². The van der Waals surface area contributed by atoms with Crippen molar-refractivity contribution in [2.45, 2.75) is 64.4 Å². The lowest BCUT2D eigenvalue weighted by molar-refractivity contribution is -0.147. The molecule has 5 heteroatoms. The van der Waals surface area contributed by atoms with Crippen molar-refractivity contribution in [2.75, 3.05) is 38.2 Å². The van der Waals surface area contributed by atoms with E-state index in [4.69, 9.17) is 9.47 Å². The zero-order valence-corrected chi connectivity index (χ0v) is 17.5. The van der Waals surface area contributed by atoms with Gasteiger partial charge < -0.3 is 19.7 Å². The van der Waals surface area contributed by atoms with Crippen molar-refractivity contribution in [2.24, 2.45) is 5.92 Å². The number of ether oxygens (including phenoxy) is 2. The molecule has 1 aliphatic heterocycles. The molecule has 0 radical (unpaired) electrons. The molecule has 1 aromatic carbocycles. The third-order valence-electron chi connectivity index (χ3n) is 5.99. The van der Waals surface area contributed by atoms with Crippen LogP contribution < -0.4 is 10.1 Å². The van der Waals surface area contributed by atoms with E-state index in [0.29, 0.717) is 12.5 Å². The van der Waals surface area contributed by atoms with E-state index >= 15 is 0 Å². The number of hydrogen-bond acceptors (Lipinski definition) is 4. The van der Waals surface area contributed by atoms with E-state index in [1.807, 2.05) is 31.2 Å². The number of rotatable bonds is 9. The molecule has 0 bridgehead atoms. The van der Waals surface area contributed by atoms with E-state index in [2.05, 4.69) is 17.1 Å². The predicted octanol–water partition coefficient (Wildman–Crippen LogP) is 4.48. The average Bonchev–Trinajstić information content (AvgIpc) is 3.20. The molecule has 1 aromatic rings. The number of hydrogen-bond donors (Lipinski definition) is 1. The smallest absolute Gasteiger partial charge is 0.256 e. The van der Waals surface area contributed by atoms with E-state index in [1.165, 1.54) is 32.4 Å². The molecule has 0 unspecified atom stereocenters. The van der Waals surface area contributed by atoms with Crippen molar-refractivity contribution >= 4 is 11.6 Å². The fraction of sp³-hybridized carbons (Fsp3) is 0.696. The summed E-state index contributed by atoms with van der Waals surface area (Å²) in [5.74, 6) is 1.35. The number of likely N-dealkylation sites (tertiary alicyclic amines) is 1. The second kappa shape index (κ2) is 10.3. The van der Waals surface area contributed by atoms with Crippen LogP contribution in [0, 0.1) is 5.92 Å². The molecular formula is C23H36N2O3. The zero-order valence-electron chi connectivity index (χ0n) is 17.5. The van der Waals surface area contributed by atoms with Gasteiger partial charge in [0.1, 0.15) is 11.4 Å². The van der Waals surface area contributed by atoms with Crippen LogP contribution >= 0.6 is 0 Å². The van der Waals surface area contributed by atoms with E-state index in [1.54, 1.807) is 0 Å². The number of carbonyl (C=O) groups excluding carboxylic acids is 1. The Kier molecular flexibility index (Phi) is 7.74. The summed E-state index contributed by atoms with van der Waals surface area (Å²) in [6, 6.07) is 7.70. The molecule has 0 aromatic heterocycles. The molecule has 0 spiro atoms. The highest BCUT2D eigenvalue weighted by atomic mass is 16.5. The maximum atomic E-state index is 13.0. The predicted molar refractivity (Wildman–Crippen MR) is 113 cm³/mol. The van der Waals surface area contributed by atoms with Crippen molar-refractivity contribution in [1.29, 1.82) is 0 Å². The Hall–Kier alpha value is -1.59. The van der Waals surface area contributed by atoms with Gasteiger partial charge in [0.2, 0.25) is 0 Å². The highest BCUT2D eigenvalue weighted by Gasteiger charge is 2.42. The number of amides is 1. The fourth-order valence-corrected chi connectivity index (χ4v) is 4.55. The summed E-state index contributed by atoms with van der Waals surface area (Å²) < 4.78 is 11.8. The molecule has 1 saturated heterocycles. The first-order valence-electron chi connectivity index (χ1n) is 11.0. The molecule has 156 valence electrons. The number of anilines is 1. The first-order chi connectivity index (χ1) is 13.6. The lowest BCUT2D eigenvalue weighted by Gasteiger charge is -2.38. The van der Waals surface area contributed by atoms with E-state index in [9.17, 15) is 4.79 Å². The Balaban J connectivity index is 1.47. The van der Waals surface area contributed by atoms with Gasteiger partial charge in [0, 0.05) is 18.8 Å². The molecule has 5 nitrogen and oxygen atoms in total. The number of nitrogens with zero attached hydrogens (tertiary/aromatic N) is 1. The minimum Gasteiger partial charge on any atom is -0.494 e. The second-order valence-corrected chi connectivity index (χ2v) is 8.36. The topological polar surface area (TPSA) is 50.8 Å². The van der Waals surface area contributed by atoms with Crippen LogP contribution in [0.2, 0.25) is 0 Å². The number of carbonyl (C=O) groups is 1.